The van der Waals surface area contributed by atoms with Gasteiger partial charge in [-0.15, -0.1) is 0 Å². The van der Waals surface area contributed by atoms with E-state index in [1.54, 1.807) is 14.0 Å². The molecule has 0 bridgehead atoms. The molecule has 2 heterocycles. The normalized spacial score (nSPS) is 45.4. The quantitative estimate of drug-likeness (QED) is 0.720. The maximum atomic E-state index is 9.57. The summed E-state index contributed by atoms with van der Waals surface area (Å²) in [5.74, 6) is -0.636. The Bertz CT molecular complexity index is 240. The van der Waals surface area contributed by atoms with Crippen molar-refractivity contribution in [1.82, 2.24) is 0 Å². The van der Waals surface area contributed by atoms with Crippen LogP contribution in [0.15, 0.2) is 0 Å². The van der Waals surface area contributed by atoms with Crippen LogP contribution in [0.25, 0.3) is 0 Å². The molecule has 0 unspecified atom stereocenters. The second-order valence-corrected chi connectivity index (χ2v) is 4.51. The van der Waals surface area contributed by atoms with Gasteiger partial charge in [-0.05, 0) is 20.8 Å². The zero-order chi connectivity index (χ0) is 11.2. The second kappa shape index (κ2) is 3.68. The minimum Gasteiger partial charge on any atom is -0.391 e. The van der Waals surface area contributed by atoms with Crippen molar-refractivity contribution in [3.05, 3.63) is 0 Å². The summed E-state index contributed by atoms with van der Waals surface area (Å²) in [6.07, 6.45) is -1.97. The van der Waals surface area contributed by atoms with Crippen molar-refractivity contribution in [1.29, 1.82) is 0 Å². The fourth-order valence-corrected chi connectivity index (χ4v) is 2.17. The van der Waals surface area contributed by atoms with Crippen LogP contribution in [0.2, 0.25) is 0 Å². The van der Waals surface area contributed by atoms with E-state index in [1.165, 1.54) is 0 Å². The predicted molar refractivity (Wildman–Crippen MR) is 51.2 cm³/mol. The first-order chi connectivity index (χ1) is 6.94. The summed E-state index contributed by atoms with van der Waals surface area (Å²) in [4.78, 5) is 0. The number of hydrogen-bond acceptors (Lipinski definition) is 5. The smallest absolute Gasteiger partial charge is 0.186 e. The van der Waals surface area contributed by atoms with Gasteiger partial charge in [0.2, 0.25) is 0 Å². The van der Waals surface area contributed by atoms with E-state index in [-0.39, 0.29) is 18.3 Å². The zero-order valence-corrected chi connectivity index (χ0v) is 9.47. The molecule has 5 heteroatoms. The largest absolute Gasteiger partial charge is 0.391 e. The number of fused-ring (bicyclic) bond motifs is 1. The molecule has 0 aromatic carbocycles. The maximum Gasteiger partial charge on any atom is 0.186 e. The van der Waals surface area contributed by atoms with Gasteiger partial charge in [0.25, 0.3) is 0 Å². The molecule has 1 N–H and O–H groups in total. The molecular weight excluding hydrogens is 200 g/mol. The third-order valence-corrected chi connectivity index (χ3v) is 2.75. The third kappa shape index (κ3) is 1.90. The highest BCUT2D eigenvalue weighted by Gasteiger charge is 2.56. The zero-order valence-electron chi connectivity index (χ0n) is 9.47. The van der Waals surface area contributed by atoms with Crippen molar-refractivity contribution < 1.29 is 24.1 Å². The van der Waals surface area contributed by atoms with Gasteiger partial charge in [-0.2, -0.15) is 0 Å². The summed E-state index contributed by atoms with van der Waals surface area (Å²) < 4.78 is 22.0. The van der Waals surface area contributed by atoms with Crippen LogP contribution in [0.5, 0.6) is 0 Å². The molecule has 5 atom stereocenters. The Hall–Kier alpha value is -0.200. The van der Waals surface area contributed by atoms with Gasteiger partial charge in [0.1, 0.15) is 18.3 Å². The van der Waals surface area contributed by atoms with Crippen molar-refractivity contribution in [3.63, 3.8) is 0 Å². The van der Waals surface area contributed by atoms with E-state index in [0.29, 0.717) is 0 Å². The fourth-order valence-electron chi connectivity index (χ4n) is 2.17. The van der Waals surface area contributed by atoms with E-state index < -0.39 is 18.2 Å². The molecule has 0 aromatic rings. The molecule has 0 spiro atoms. The molecular formula is C10H18O5. The molecule has 0 saturated carbocycles. The van der Waals surface area contributed by atoms with E-state index in [4.69, 9.17) is 18.9 Å². The first kappa shape index (κ1) is 11.3. The third-order valence-electron chi connectivity index (χ3n) is 2.75. The first-order valence-electron chi connectivity index (χ1n) is 5.16. The van der Waals surface area contributed by atoms with Crippen molar-refractivity contribution in [2.24, 2.45) is 0 Å². The van der Waals surface area contributed by atoms with Crippen LogP contribution in [0.1, 0.15) is 20.8 Å². The van der Waals surface area contributed by atoms with E-state index in [9.17, 15) is 5.11 Å². The summed E-state index contributed by atoms with van der Waals surface area (Å²) in [6.45, 7) is 5.36. The molecule has 88 valence electrons. The van der Waals surface area contributed by atoms with Crippen molar-refractivity contribution in [2.45, 2.75) is 57.3 Å². The van der Waals surface area contributed by atoms with Crippen molar-refractivity contribution >= 4 is 0 Å². The predicted octanol–water partition coefficient (Wildman–Crippen LogP) is 0.259. The molecule has 15 heavy (non-hydrogen) atoms. The Morgan fingerprint density at radius 2 is 1.87 bits per heavy atom. The van der Waals surface area contributed by atoms with Gasteiger partial charge in [0.15, 0.2) is 12.1 Å². The molecule has 2 rings (SSSR count). The Morgan fingerprint density at radius 3 is 2.40 bits per heavy atom. The lowest BCUT2D eigenvalue weighted by Crippen LogP contribution is -2.36. The SMILES string of the molecule is CO[C@@H]1O[C@H]([C@H](C)O)[C@H]2OC(C)(C)O[C@H]12. The minimum atomic E-state index is -0.636. The van der Waals surface area contributed by atoms with Crippen LogP contribution < -0.4 is 0 Å². The van der Waals surface area contributed by atoms with Crippen LogP contribution in [0.3, 0.4) is 0 Å². The number of hydrogen-bond donors (Lipinski definition) is 1. The fraction of sp³-hybridized carbons (Fsp3) is 1.00. The maximum absolute atomic E-state index is 9.57. The van der Waals surface area contributed by atoms with Gasteiger partial charge >= 0.3 is 0 Å². The molecule has 0 aromatic heterocycles. The number of ether oxygens (including phenoxy) is 4. The Balaban J connectivity index is 2.15. The number of aliphatic hydroxyl groups is 1. The van der Waals surface area contributed by atoms with Gasteiger partial charge in [-0.3, -0.25) is 0 Å². The molecule has 0 amide bonds. The topological polar surface area (TPSA) is 57.2 Å². The van der Waals surface area contributed by atoms with E-state index in [1.807, 2.05) is 13.8 Å². The average Bonchev–Trinajstić information content (AvgIpc) is 2.57. The summed E-state index contributed by atoms with van der Waals surface area (Å²) in [6, 6.07) is 0. The lowest BCUT2D eigenvalue weighted by atomic mass is 10.1. The van der Waals surface area contributed by atoms with Crippen LogP contribution >= 0.6 is 0 Å². The van der Waals surface area contributed by atoms with E-state index in [2.05, 4.69) is 0 Å². The molecule has 2 saturated heterocycles. The molecule has 0 radical (unpaired) electrons. The monoisotopic (exact) mass is 218 g/mol. The standard InChI is InChI=1S/C10H18O5/c1-5(11)6-7-8(9(12-4)13-6)15-10(2,3)14-7/h5-9,11H,1-4H3/t5-,6+,7+,8-,9+/m0/s1. The molecule has 2 aliphatic rings. The lowest BCUT2D eigenvalue weighted by molar-refractivity contribution is -0.235. The molecule has 2 aliphatic heterocycles. The molecule has 0 aliphatic carbocycles. The van der Waals surface area contributed by atoms with Crippen LogP contribution in [-0.2, 0) is 18.9 Å². The van der Waals surface area contributed by atoms with Crippen LogP contribution in [0.4, 0.5) is 0 Å². The van der Waals surface area contributed by atoms with Crippen molar-refractivity contribution in [3.8, 4) is 0 Å². The van der Waals surface area contributed by atoms with E-state index >= 15 is 0 Å². The highest BCUT2D eigenvalue weighted by Crippen LogP contribution is 2.39. The summed E-state index contributed by atoms with van der Waals surface area (Å²) in [5.41, 5.74) is 0. The number of aliphatic hydroxyl groups excluding tert-OH is 1. The van der Waals surface area contributed by atoms with E-state index in [0.717, 1.165) is 0 Å². The highest BCUT2D eigenvalue weighted by atomic mass is 16.8. The Morgan fingerprint density at radius 1 is 1.27 bits per heavy atom. The molecule has 2 fully saturated rings. The number of rotatable bonds is 2. The summed E-state index contributed by atoms with van der Waals surface area (Å²) in [5, 5.41) is 9.57. The van der Waals surface area contributed by atoms with Gasteiger partial charge in [0.05, 0.1) is 6.10 Å². The van der Waals surface area contributed by atoms with Crippen LogP contribution in [-0.4, -0.2) is 48.7 Å². The minimum absolute atomic E-state index is 0.259. The van der Waals surface area contributed by atoms with Gasteiger partial charge in [-0.25, -0.2) is 0 Å². The molecule has 5 nitrogen and oxygen atoms in total. The Kier molecular flexibility index (Phi) is 2.77. The second-order valence-electron chi connectivity index (χ2n) is 4.51. The lowest BCUT2D eigenvalue weighted by Gasteiger charge is -2.24. The summed E-state index contributed by atoms with van der Waals surface area (Å²) >= 11 is 0. The number of methoxy groups -OCH3 is 1. The van der Waals surface area contributed by atoms with Crippen LogP contribution in [0, 0.1) is 0 Å². The van der Waals surface area contributed by atoms with Gasteiger partial charge in [0, 0.05) is 7.11 Å². The highest BCUT2D eigenvalue weighted by molar-refractivity contribution is 4.96. The Labute approximate surface area is 89.3 Å². The average molecular weight is 218 g/mol. The summed E-state index contributed by atoms with van der Waals surface area (Å²) in [7, 11) is 1.56. The van der Waals surface area contributed by atoms with Gasteiger partial charge in [-0.1, -0.05) is 0 Å². The van der Waals surface area contributed by atoms with Crippen molar-refractivity contribution in [2.75, 3.05) is 7.11 Å². The van der Waals surface area contributed by atoms with Gasteiger partial charge < -0.3 is 24.1 Å². The first-order valence-corrected chi connectivity index (χ1v) is 5.16.